The van der Waals surface area contributed by atoms with Gasteiger partial charge in [0.2, 0.25) is 5.67 Å². The highest BCUT2D eigenvalue weighted by molar-refractivity contribution is 7.54. The number of aliphatic hydroxyl groups is 1. The number of halogens is 2. The first kappa shape index (κ1) is 27.3. The van der Waals surface area contributed by atoms with Gasteiger partial charge in [-0.2, -0.15) is 4.98 Å². The van der Waals surface area contributed by atoms with E-state index in [2.05, 4.69) is 4.98 Å². The van der Waals surface area contributed by atoms with Crippen LogP contribution >= 0.6 is 7.60 Å². The fraction of sp³-hybridized carbons (Fsp3) is 0.480. The summed E-state index contributed by atoms with van der Waals surface area (Å²) < 4.78 is 82.0. The summed E-state index contributed by atoms with van der Waals surface area (Å²) in [5, 5.41) is 10.9. The van der Waals surface area contributed by atoms with Crippen LogP contribution in [0.2, 0.25) is 0 Å². The first-order chi connectivity index (χ1) is 19.1. The summed E-state index contributed by atoms with van der Waals surface area (Å²) in [6.45, 7) is -0.0580. The maximum absolute atomic E-state index is 16.2. The van der Waals surface area contributed by atoms with Crippen LogP contribution in [0.4, 0.5) is 14.6 Å². The van der Waals surface area contributed by atoms with Crippen molar-refractivity contribution in [2.24, 2.45) is 5.92 Å². The van der Waals surface area contributed by atoms with Gasteiger partial charge in [0.1, 0.15) is 30.4 Å². The Morgan fingerprint density at radius 3 is 2.67 bits per heavy atom. The number of carbonyl (C=O) groups is 1. The summed E-state index contributed by atoms with van der Waals surface area (Å²) in [6, 6.07) is 8.63. The Bertz CT molecular complexity index is 1400. The van der Waals surface area contributed by atoms with Crippen LogP contribution in [-0.4, -0.2) is 64.0 Å². The standard InChI is InChI=1S/C25H30F2N3O8P/c1-16(2)36-22(32)17(3)15-39(34,38-18-8-5-4-6-9-18)35-14-19-21(31)25(27,11-7-12-26)23(37-19)30-13-10-20(28)29-24(30)33/h4-6,8-10,13,16-17,19,21,23,31H,12,14-15H2,1-3H3,(H2,28,29,33)/t17-,19-,21+,23-,25?,39+/m1/s1/i14D2. The molecule has 0 amide bonds. The zero-order valence-electron chi connectivity index (χ0n) is 23.3. The van der Waals surface area contributed by atoms with Crippen molar-refractivity contribution in [3.8, 4) is 17.6 Å². The number of benzene rings is 1. The minimum absolute atomic E-state index is 0.00465. The lowest BCUT2D eigenvalue weighted by Crippen LogP contribution is -2.44. The van der Waals surface area contributed by atoms with Crippen molar-refractivity contribution < 1.29 is 44.5 Å². The van der Waals surface area contributed by atoms with E-state index in [9.17, 15) is 23.7 Å². The van der Waals surface area contributed by atoms with E-state index in [1.165, 1.54) is 19.1 Å². The predicted octanol–water partition coefficient (Wildman–Crippen LogP) is 2.64. The molecule has 1 saturated heterocycles. The molecule has 14 heteroatoms. The van der Waals surface area contributed by atoms with Gasteiger partial charge in [0, 0.05) is 6.20 Å². The zero-order valence-corrected chi connectivity index (χ0v) is 22.2. The molecule has 0 aliphatic carbocycles. The molecule has 6 atom stereocenters. The highest BCUT2D eigenvalue weighted by atomic mass is 31.2. The van der Waals surface area contributed by atoms with Gasteiger partial charge >= 0.3 is 19.3 Å². The molecule has 1 aliphatic heterocycles. The molecule has 39 heavy (non-hydrogen) atoms. The number of rotatable bonds is 10. The molecule has 212 valence electrons. The van der Waals surface area contributed by atoms with E-state index in [1.54, 1.807) is 32.0 Å². The lowest BCUT2D eigenvalue weighted by molar-refractivity contribution is -0.151. The monoisotopic (exact) mass is 571 g/mol. The largest absolute Gasteiger partial charge is 0.463 e. The summed E-state index contributed by atoms with van der Waals surface area (Å²) in [7, 11) is -4.65. The number of ether oxygens (including phenoxy) is 2. The molecule has 2 aromatic rings. The van der Waals surface area contributed by atoms with Crippen LogP contribution in [0.5, 0.6) is 5.75 Å². The summed E-state index contributed by atoms with van der Waals surface area (Å²) in [5.74, 6) is 1.56. The van der Waals surface area contributed by atoms with Gasteiger partial charge in [-0.25, -0.2) is 18.1 Å². The van der Waals surface area contributed by atoms with Crippen molar-refractivity contribution in [3.05, 3.63) is 53.1 Å². The van der Waals surface area contributed by atoms with Crippen LogP contribution in [0.3, 0.4) is 0 Å². The normalized spacial score (nSPS) is 26.0. The second-order valence-corrected chi connectivity index (χ2v) is 10.8. The SMILES string of the molecule is [2H]C([2H])(O[P@@](=O)(C[C@@H](C)C(=O)OC(C)C)Oc1ccccc1)[C@H]1O[C@@H](n2ccc(N)nc2=O)C(F)(C#CCF)[C@H]1O. The maximum Gasteiger partial charge on any atom is 0.380 e. The van der Waals surface area contributed by atoms with E-state index in [4.69, 9.17) is 27.0 Å². The number of nitrogens with zero attached hydrogens (tertiary/aromatic N) is 2. The molecule has 0 saturated carbocycles. The molecule has 3 rings (SSSR count). The lowest BCUT2D eigenvalue weighted by atomic mass is 9.96. The summed E-state index contributed by atoms with van der Waals surface area (Å²) in [6.07, 6.45) is -7.14. The van der Waals surface area contributed by atoms with Crippen molar-refractivity contribution in [1.29, 1.82) is 0 Å². The number of para-hydroxylation sites is 1. The van der Waals surface area contributed by atoms with E-state index in [1.807, 2.05) is 11.8 Å². The van der Waals surface area contributed by atoms with Crippen molar-refractivity contribution in [2.45, 2.75) is 51.0 Å². The summed E-state index contributed by atoms with van der Waals surface area (Å²) in [5.41, 5.74) is 1.08. The van der Waals surface area contributed by atoms with Crippen LogP contribution in [-0.2, 0) is 23.4 Å². The minimum atomic E-state index is -4.65. The maximum atomic E-state index is 16.2. The number of carbonyl (C=O) groups excluding carboxylic acids is 1. The second-order valence-electron chi connectivity index (χ2n) is 8.89. The van der Waals surface area contributed by atoms with E-state index >= 15 is 4.39 Å². The van der Waals surface area contributed by atoms with Gasteiger partial charge < -0.3 is 24.8 Å². The first-order valence-corrected chi connectivity index (χ1v) is 13.5. The molecular weight excluding hydrogens is 539 g/mol. The third-order valence-corrected chi connectivity index (χ3v) is 7.22. The van der Waals surface area contributed by atoms with Crippen molar-refractivity contribution in [2.75, 3.05) is 25.1 Å². The number of aliphatic hydroxyl groups excluding tert-OH is 1. The van der Waals surface area contributed by atoms with Crippen molar-refractivity contribution in [3.63, 3.8) is 0 Å². The third-order valence-electron chi connectivity index (χ3n) is 5.35. The molecule has 11 nitrogen and oxygen atoms in total. The number of aromatic nitrogens is 2. The smallest absolute Gasteiger partial charge is 0.380 e. The molecule has 1 aromatic carbocycles. The van der Waals surface area contributed by atoms with Gasteiger partial charge in [0.25, 0.3) is 0 Å². The Labute approximate surface area is 226 Å². The number of hydrogen-bond donors (Lipinski definition) is 2. The van der Waals surface area contributed by atoms with E-state index in [-0.39, 0.29) is 11.6 Å². The molecule has 2 heterocycles. The van der Waals surface area contributed by atoms with Gasteiger partial charge in [0.15, 0.2) is 6.23 Å². The quantitative estimate of drug-likeness (QED) is 0.247. The highest BCUT2D eigenvalue weighted by Crippen LogP contribution is 2.51. The van der Waals surface area contributed by atoms with E-state index in [0.29, 0.717) is 4.57 Å². The Morgan fingerprint density at radius 1 is 1.36 bits per heavy atom. The van der Waals surface area contributed by atoms with Gasteiger partial charge in [0.05, 0.1) is 27.5 Å². The number of nitrogen functional groups attached to an aromatic ring is 1. The van der Waals surface area contributed by atoms with Crippen LogP contribution in [0, 0.1) is 17.8 Å². The Hall–Kier alpha value is -3.30. The van der Waals surface area contributed by atoms with Crippen LogP contribution in [0.1, 0.15) is 29.7 Å². The van der Waals surface area contributed by atoms with Crippen molar-refractivity contribution in [1.82, 2.24) is 9.55 Å². The van der Waals surface area contributed by atoms with Crippen molar-refractivity contribution >= 4 is 19.4 Å². The average Bonchev–Trinajstić information content (AvgIpc) is 3.13. The topological polar surface area (TPSA) is 152 Å². The van der Waals surface area contributed by atoms with Crippen LogP contribution < -0.4 is 15.9 Å². The summed E-state index contributed by atoms with van der Waals surface area (Å²) in [4.78, 5) is 28.3. The van der Waals surface area contributed by atoms with Gasteiger partial charge in [-0.15, -0.1) is 0 Å². The zero-order chi connectivity index (χ0) is 30.6. The molecule has 1 unspecified atom stereocenters. The Kier molecular flexibility index (Phi) is 8.88. The van der Waals surface area contributed by atoms with Gasteiger partial charge in [-0.05, 0) is 32.0 Å². The second kappa shape index (κ2) is 12.7. The third kappa shape index (κ3) is 7.42. The number of nitrogens with two attached hydrogens (primary N) is 1. The van der Waals surface area contributed by atoms with Gasteiger partial charge in [-0.3, -0.25) is 13.9 Å². The fourth-order valence-corrected chi connectivity index (χ4v) is 5.29. The minimum Gasteiger partial charge on any atom is -0.463 e. The molecule has 1 aliphatic rings. The summed E-state index contributed by atoms with van der Waals surface area (Å²) >= 11 is 0. The Balaban J connectivity index is 2.00. The van der Waals surface area contributed by atoms with E-state index < -0.39 is 74.8 Å². The Morgan fingerprint density at radius 2 is 2.05 bits per heavy atom. The molecule has 3 N–H and O–H groups in total. The first-order valence-electron chi connectivity index (χ1n) is 12.8. The molecule has 0 radical (unpaired) electrons. The molecule has 0 bridgehead atoms. The number of alkyl halides is 2. The average molecular weight is 572 g/mol. The number of anilines is 1. The predicted molar refractivity (Wildman–Crippen MR) is 136 cm³/mol. The molecule has 1 aromatic heterocycles. The molecule has 0 spiro atoms. The number of esters is 1. The van der Waals surface area contributed by atoms with Gasteiger partial charge in [-0.1, -0.05) is 37.0 Å². The lowest BCUT2D eigenvalue weighted by Gasteiger charge is -2.25. The van der Waals surface area contributed by atoms with Crippen LogP contribution in [0.25, 0.3) is 0 Å². The highest BCUT2D eigenvalue weighted by Gasteiger charge is 2.58. The molecular formula is C25H30F2N3O8P. The molecule has 1 fully saturated rings. The van der Waals surface area contributed by atoms with E-state index in [0.717, 1.165) is 12.3 Å². The number of hydrogen-bond acceptors (Lipinski definition) is 10. The van der Waals surface area contributed by atoms with Crippen LogP contribution in [0.15, 0.2) is 47.4 Å². The fourth-order valence-electron chi connectivity index (χ4n) is 3.57.